The summed E-state index contributed by atoms with van der Waals surface area (Å²) in [4.78, 5) is 14.1. The molecule has 0 aliphatic rings. The summed E-state index contributed by atoms with van der Waals surface area (Å²) in [5.74, 6) is 0.480. The first-order valence-electron chi connectivity index (χ1n) is 8.47. The summed E-state index contributed by atoms with van der Waals surface area (Å²) < 4.78 is 32.5. The van der Waals surface area contributed by atoms with E-state index in [0.717, 1.165) is 12.1 Å². The van der Waals surface area contributed by atoms with Crippen LogP contribution in [0.3, 0.4) is 0 Å². The van der Waals surface area contributed by atoms with E-state index in [1.165, 1.54) is 24.3 Å². The number of ether oxygens (including phenoxy) is 1. The van der Waals surface area contributed by atoms with Gasteiger partial charge in [-0.3, -0.25) is 4.79 Å². The predicted molar refractivity (Wildman–Crippen MR) is 104 cm³/mol. The summed E-state index contributed by atoms with van der Waals surface area (Å²) in [5, 5.41) is 2.79. The highest BCUT2D eigenvalue weighted by molar-refractivity contribution is 7.89. The van der Waals surface area contributed by atoms with Crippen molar-refractivity contribution in [2.45, 2.75) is 11.4 Å². The molecule has 0 atom stereocenters. The van der Waals surface area contributed by atoms with E-state index in [2.05, 4.69) is 10.0 Å². The molecule has 0 heterocycles. The van der Waals surface area contributed by atoms with Crippen LogP contribution in [0.1, 0.15) is 15.9 Å². The molecule has 8 heteroatoms. The second kappa shape index (κ2) is 9.50. The van der Waals surface area contributed by atoms with Crippen molar-refractivity contribution in [3.05, 3.63) is 59.7 Å². The lowest BCUT2D eigenvalue weighted by Crippen LogP contribution is -2.31. The molecule has 0 unspecified atom stereocenters. The smallest absolute Gasteiger partial charge is 0.251 e. The SMILES string of the molecule is COc1ccc(CNS(=O)(=O)c2ccc(C(=O)NCCN(C)C)cc2)cc1. The molecule has 2 aromatic carbocycles. The molecule has 27 heavy (non-hydrogen) atoms. The minimum absolute atomic E-state index is 0.112. The summed E-state index contributed by atoms with van der Waals surface area (Å²) in [6, 6.07) is 13.0. The Morgan fingerprint density at radius 3 is 2.22 bits per heavy atom. The van der Waals surface area contributed by atoms with Crippen molar-refractivity contribution in [3.63, 3.8) is 0 Å². The van der Waals surface area contributed by atoms with Crippen molar-refractivity contribution in [1.29, 1.82) is 0 Å². The highest BCUT2D eigenvalue weighted by atomic mass is 32.2. The van der Waals surface area contributed by atoms with Gasteiger partial charge in [0.25, 0.3) is 5.91 Å². The fourth-order valence-electron chi connectivity index (χ4n) is 2.29. The third-order valence-corrected chi connectivity index (χ3v) is 5.31. The van der Waals surface area contributed by atoms with Crippen molar-refractivity contribution in [2.75, 3.05) is 34.3 Å². The van der Waals surface area contributed by atoms with Gasteiger partial charge in [0.2, 0.25) is 10.0 Å². The Kier molecular flexibility index (Phi) is 7.35. The fourth-order valence-corrected chi connectivity index (χ4v) is 3.30. The minimum Gasteiger partial charge on any atom is -0.497 e. The van der Waals surface area contributed by atoms with Crippen molar-refractivity contribution in [2.24, 2.45) is 0 Å². The van der Waals surface area contributed by atoms with Crippen LogP contribution in [0.15, 0.2) is 53.4 Å². The van der Waals surface area contributed by atoms with E-state index in [0.29, 0.717) is 17.9 Å². The maximum absolute atomic E-state index is 12.4. The van der Waals surface area contributed by atoms with Crippen LogP contribution < -0.4 is 14.8 Å². The van der Waals surface area contributed by atoms with Crippen LogP contribution in [0.2, 0.25) is 0 Å². The van der Waals surface area contributed by atoms with Crippen molar-refractivity contribution in [3.8, 4) is 5.75 Å². The molecule has 0 aliphatic heterocycles. The Bertz CT molecular complexity index is 848. The van der Waals surface area contributed by atoms with Gasteiger partial charge in [0.05, 0.1) is 12.0 Å². The Morgan fingerprint density at radius 2 is 1.67 bits per heavy atom. The largest absolute Gasteiger partial charge is 0.497 e. The van der Waals surface area contributed by atoms with Gasteiger partial charge in [-0.1, -0.05) is 12.1 Å². The van der Waals surface area contributed by atoms with Crippen LogP contribution in [0, 0.1) is 0 Å². The van der Waals surface area contributed by atoms with E-state index in [4.69, 9.17) is 4.74 Å². The second-order valence-electron chi connectivity index (χ2n) is 6.26. The Labute approximate surface area is 160 Å². The van der Waals surface area contributed by atoms with Gasteiger partial charge < -0.3 is 15.0 Å². The standard InChI is InChI=1S/C19H25N3O4S/c1-22(2)13-12-20-19(23)16-6-10-18(11-7-16)27(24,25)21-14-15-4-8-17(26-3)9-5-15/h4-11,21H,12-14H2,1-3H3,(H,20,23). The van der Waals surface area contributed by atoms with E-state index < -0.39 is 10.0 Å². The first-order chi connectivity index (χ1) is 12.8. The van der Waals surface area contributed by atoms with Crippen LogP contribution in [0.5, 0.6) is 5.75 Å². The molecular formula is C19H25N3O4S. The van der Waals surface area contributed by atoms with Gasteiger partial charge in [-0.25, -0.2) is 13.1 Å². The van der Waals surface area contributed by atoms with Crippen LogP contribution in [-0.2, 0) is 16.6 Å². The van der Waals surface area contributed by atoms with Crippen LogP contribution in [0.4, 0.5) is 0 Å². The van der Waals surface area contributed by atoms with E-state index in [9.17, 15) is 13.2 Å². The summed E-state index contributed by atoms with van der Waals surface area (Å²) in [6.45, 7) is 1.42. The molecule has 7 nitrogen and oxygen atoms in total. The highest BCUT2D eigenvalue weighted by Crippen LogP contribution is 2.14. The zero-order chi connectivity index (χ0) is 19.9. The molecule has 1 amide bonds. The van der Waals surface area contributed by atoms with Crippen LogP contribution in [-0.4, -0.2) is 53.5 Å². The zero-order valence-corrected chi connectivity index (χ0v) is 16.5. The topological polar surface area (TPSA) is 87.7 Å². The number of rotatable bonds is 9. The number of nitrogens with one attached hydrogen (secondary N) is 2. The van der Waals surface area contributed by atoms with Gasteiger partial charge in [0, 0.05) is 25.2 Å². The van der Waals surface area contributed by atoms with Gasteiger partial charge in [0.15, 0.2) is 0 Å². The number of likely N-dealkylation sites (N-methyl/N-ethyl adjacent to an activating group) is 1. The molecule has 2 N–H and O–H groups in total. The highest BCUT2D eigenvalue weighted by Gasteiger charge is 2.15. The van der Waals surface area contributed by atoms with Crippen LogP contribution >= 0.6 is 0 Å². The number of carbonyl (C=O) groups is 1. The van der Waals surface area contributed by atoms with Gasteiger partial charge in [-0.2, -0.15) is 0 Å². The predicted octanol–water partition coefficient (Wildman–Crippen LogP) is 1.47. The molecule has 0 spiro atoms. The third kappa shape index (κ3) is 6.35. The normalized spacial score (nSPS) is 11.4. The van der Waals surface area contributed by atoms with E-state index >= 15 is 0 Å². The second-order valence-corrected chi connectivity index (χ2v) is 8.02. The average Bonchev–Trinajstić information content (AvgIpc) is 2.66. The molecule has 0 saturated carbocycles. The first kappa shape index (κ1) is 20.9. The lowest BCUT2D eigenvalue weighted by molar-refractivity contribution is 0.0951. The number of sulfonamides is 1. The van der Waals surface area contributed by atoms with E-state index in [1.54, 1.807) is 31.4 Å². The van der Waals surface area contributed by atoms with Gasteiger partial charge in [0.1, 0.15) is 5.75 Å². The Morgan fingerprint density at radius 1 is 1.04 bits per heavy atom. The molecule has 0 aliphatic carbocycles. The number of carbonyl (C=O) groups excluding carboxylic acids is 1. The molecule has 0 radical (unpaired) electrons. The summed E-state index contributed by atoms with van der Waals surface area (Å²) in [5.41, 5.74) is 1.24. The van der Waals surface area contributed by atoms with Gasteiger partial charge >= 0.3 is 0 Å². The third-order valence-electron chi connectivity index (χ3n) is 3.90. The Hall–Kier alpha value is -2.42. The number of amides is 1. The summed E-state index contributed by atoms with van der Waals surface area (Å²) in [7, 11) is 1.75. The molecule has 0 fully saturated rings. The summed E-state index contributed by atoms with van der Waals surface area (Å²) in [6.07, 6.45) is 0. The fraction of sp³-hybridized carbons (Fsp3) is 0.316. The van der Waals surface area contributed by atoms with E-state index in [-0.39, 0.29) is 17.3 Å². The minimum atomic E-state index is -3.66. The molecule has 2 aromatic rings. The van der Waals surface area contributed by atoms with Crippen LogP contribution in [0.25, 0.3) is 0 Å². The molecule has 146 valence electrons. The quantitative estimate of drug-likeness (QED) is 0.676. The lowest BCUT2D eigenvalue weighted by Gasteiger charge is -2.11. The molecule has 2 rings (SSSR count). The maximum atomic E-state index is 12.4. The number of benzene rings is 2. The molecule has 0 saturated heterocycles. The molecule has 0 aromatic heterocycles. The first-order valence-corrected chi connectivity index (χ1v) is 9.96. The number of methoxy groups -OCH3 is 1. The van der Waals surface area contributed by atoms with Crippen molar-refractivity contribution >= 4 is 15.9 Å². The summed E-state index contributed by atoms with van der Waals surface area (Å²) >= 11 is 0. The monoisotopic (exact) mass is 391 g/mol. The Balaban J connectivity index is 1.96. The molecular weight excluding hydrogens is 366 g/mol. The maximum Gasteiger partial charge on any atom is 0.251 e. The van der Waals surface area contributed by atoms with Crippen molar-refractivity contribution in [1.82, 2.24) is 14.9 Å². The van der Waals surface area contributed by atoms with Crippen molar-refractivity contribution < 1.29 is 17.9 Å². The van der Waals surface area contributed by atoms with Gasteiger partial charge in [-0.15, -0.1) is 0 Å². The number of hydrogen-bond acceptors (Lipinski definition) is 5. The average molecular weight is 391 g/mol. The molecule has 0 bridgehead atoms. The van der Waals surface area contributed by atoms with E-state index in [1.807, 2.05) is 19.0 Å². The number of hydrogen-bond donors (Lipinski definition) is 2. The van der Waals surface area contributed by atoms with Gasteiger partial charge in [-0.05, 0) is 56.1 Å². The lowest BCUT2D eigenvalue weighted by atomic mass is 10.2. The zero-order valence-electron chi connectivity index (χ0n) is 15.7. The number of nitrogens with zero attached hydrogens (tertiary/aromatic N) is 1.